The number of anilines is 2. The number of ether oxygens (including phenoxy) is 1. The Morgan fingerprint density at radius 1 is 1.00 bits per heavy atom. The van der Waals surface area contributed by atoms with E-state index in [-0.39, 0.29) is 17.3 Å². The van der Waals surface area contributed by atoms with Crippen LogP contribution in [0.3, 0.4) is 0 Å². The highest BCUT2D eigenvalue weighted by atomic mass is 32.2. The van der Waals surface area contributed by atoms with Gasteiger partial charge in [0.15, 0.2) is 0 Å². The highest BCUT2D eigenvalue weighted by molar-refractivity contribution is 7.89. The van der Waals surface area contributed by atoms with E-state index in [9.17, 15) is 18.0 Å². The van der Waals surface area contributed by atoms with Gasteiger partial charge in [0.05, 0.1) is 17.9 Å². The summed E-state index contributed by atoms with van der Waals surface area (Å²) in [6, 6.07) is 11.6. The van der Waals surface area contributed by atoms with Gasteiger partial charge in [0, 0.05) is 24.5 Å². The molecular weight excluding hydrogens is 418 g/mol. The normalized spacial score (nSPS) is 17.1. The van der Waals surface area contributed by atoms with Crippen molar-refractivity contribution >= 4 is 33.4 Å². The van der Waals surface area contributed by atoms with E-state index in [1.807, 2.05) is 32.0 Å². The fourth-order valence-electron chi connectivity index (χ4n) is 3.47. The van der Waals surface area contributed by atoms with Gasteiger partial charge in [-0.3, -0.25) is 10.1 Å². The predicted octanol–water partition coefficient (Wildman–Crippen LogP) is 3.52. The van der Waals surface area contributed by atoms with Crippen molar-refractivity contribution in [2.45, 2.75) is 31.6 Å². The molecule has 1 aliphatic rings. The van der Waals surface area contributed by atoms with Crippen LogP contribution in [0.25, 0.3) is 0 Å². The molecule has 0 aliphatic carbocycles. The number of benzene rings is 2. The number of hydrogen-bond donors (Lipinski definition) is 2. The molecule has 1 atom stereocenters. The number of rotatable bonds is 5. The number of carbonyl (C=O) groups is 2. The van der Waals surface area contributed by atoms with Crippen LogP contribution in [0, 0.1) is 19.8 Å². The van der Waals surface area contributed by atoms with Gasteiger partial charge in [0.2, 0.25) is 15.9 Å². The minimum absolute atomic E-state index is 0.109. The zero-order valence-electron chi connectivity index (χ0n) is 17.8. The number of piperidine rings is 1. The van der Waals surface area contributed by atoms with E-state index in [0.29, 0.717) is 30.8 Å². The highest BCUT2D eigenvalue weighted by Crippen LogP contribution is 2.26. The molecular formula is C22H27N3O5S. The minimum Gasteiger partial charge on any atom is -0.453 e. The smallest absolute Gasteiger partial charge is 0.411 e. The molecule has 2 N–H and O–H groups in total. The third-order valence-electron chi connectivity index (χ3n) is 5.45. The summed E-state index contributed by atoms with van der Waals surface area (Å²) in [6.07, 6.45) is 0.598. The zero-order valence-corrected chi connectivity index (χ0v) is 18.7. The van der Waals surface area contributed by atoms with Crippen molar-refractivity contribution < 1.29 is 22.7 Å². The van der Waals surface area contributed by atoms with Gasteiger partial charge in [-0.2, -0.15) is 4.31 Å². The molecule has 1 saturated heterocycles. The van der Waals surface area contributed by atoms with Gasteiger partial charge in [-0.1, -0.05) is 6.07 Å². The molecule has 3 rings (SSSR count). The quantitative estimate of drug-likeness (QED) is 0.733. The first-order chi connectivity index (χ1) is 14.7. The predicted molar refractivity (Wildman–Crippen MR) is 118 cm³/mol. The maximum atomic E-state index is 13.1. The van der Waals surface area contributed by atoms with Gasteiger partial charge < -0.3 is 10.1 Å². The second-order valence-electron chi connectivity index (χ2n) is 7.63. The van der Waals surface area contributed by atoms with Crippen LogP contribution in [0.15, 0.2) is 47.4 Å². The molecule has 0 unspecified atom stereocenters. The third-order valence-corrected chi connectivity index (χ3v) is 7.33. The van der Waals surface area contributed by atoms with E-state index < -0.39 is 22.0 Å². The largest absolute Gasteiger partial charge is 0.453 e. The fraction of sp³-hybridized carbons (Fsp3) is 0.364. The van der Waals surface area contributed by atoms with Gasteiger partial charge in [0.1, 0.15) is 0 Å². The number of aryl methyl sites for hydroxylation is 2. The first-order valence-electron chi connectivity index (χ1n) is 10.0. The molecule has 0 aromatic heterocycles. The van der Waals surface area contributed by atoms with Crippen molar-refractivity contribution in [1.82, 2.24) is 4.31 Å². The highest BCUT2D eigenvalue weighted by Gasteiger charge is 2.33. The van der Waals surface area contributed by atoms with Crippen molar-refractivity contribution in [3.05, 3.63) is 53.6 Å². The van der Waals surface area contributed by atoms with Crippen LogP contribution in [0.1, 0.15) is 24.0 Å². The molecule has 2 aromatic rings. The molecule has 2 amide bonds. The lowest BCUT2D eigenvalue weighted by atomic mass is 9.98. The van der Waals surface area contributed by atoms with Crippen LogP contribution in [0.4, 0.5) is 16.2 Å². The van der Waals surface area contributed by atoms with E-state index >= 15 is 0 Å². The molecule has 0 saturated carbocycles. The number of amides is 2. The van der Waals surface area contributed by atoms with E-state index in [1.165, 1.54) is 35.7 Å². The van der Waals surface area contributed by atoms with E-state index in [0.717, 1.165) is 11.1 Å². The molecule has 1 aliphatic heterocycles. The summed E-state index contributed by atoms with van der Waals surface area (Å²) in [5.41, 5.74) is 3.35. The van der Waals surface area contributed by atoms with Crippen molar-refractivity contribution in [1.29, 1.82) is 0 Å². The summed E-state index contributed by atoms with van der Waals surface area (Å²) in [4.78, 5) is 24.2. The fourth-order valence-corrected chi connectivity index (χ4v) is 4.99. The number of sulfonamides is 1. The Balaban J connectivity index is 1.69. The number of carbonyl (C=O) groups excluding carboxylic acids is 2. The Morgan fingerprint density at radius 2 is 1.68 bits per heavy atom. The average molecular weight is 446 g/mol. The van der Waals surface area contributed by atoms with Gasteiger partial charge in [-0.05, 0) is 74.2 Å². The van der Waals surface area contributed by atoms with Crippen LogP contribution in [0.2, 0.25) is 0 Å². The number of nitrogens with one attached hydrogen (secondary N) is 2. The SMILES string of the molecule is COC(=O)Nc1ccc(S(=O)(=O)N2CCC[C@H](C(=O)Nc3ccc(C)c(C)c3)C2)cc1. The van der Waals surface area contributed by atoms with Crippen LogP contribution >= 0.6 is 0 Å². The summed E-state index contributed by atoms with van der Waals surface area (Å²) in [5, 5.41) is 5.39. The van der Waals surface area contributed by atoms with Gasteiger partial charge in [-0.25, -0.2) is 13.2 Å². The molecule has 0 radical (unpaired) electrons. The average Bonchev–Trinajstić information content (AvgIpc) is 2.76. The molecule has 0 spiro atoms. The number of nitrogens with zero attached hydrogens (tertiary/aromatic N) is 1. The molecule has 166 valence electrons. The second kappa shape index (κ2) is 9.49. The second-order valence-corrected chi connectivity index (χ2v) is 9.57. The lowest BCUT2D eigenvalue weighted by molar-refractivity contribution is -0.120. The summed E-state index contributed by atoms with van der Waals surface area (Å²) in [7, 11) is -2.51. The maximum Gasteiger partial charge on any atom is 0.411 e. The molecule has 1 fully saturated rings. The monoisotopic (exact) mass is 445 g/mol. The minimum atomic E-state index is -3.76. The Bertz CT molecular complexity index is 1070. The molecule has 0 bridgehead atoms. The van der Waals surface area contributed by atoms with E-state index in [1.54, 1.807) is 0 Å². The van der Waals surface area contributed by atoms with Crippen LogP contribution in [-0.4, -0.2) is 44.9 Å². The van der Waals surface area contributed by atoms with Crippen molar-refractivity contribution in [2.75, 3.05) is 30.8 Å². The van der Waals surface area contributed by atoms with E-state index in [4.69, 9.17) is 0 Å². The molecule has 9 heteroatoms. The standard InChI is InChI=1S/C22H27N3O5S/c1-15-6-7-19(13-16(15)2)23-21(26)17-5-4-12-25(14-17)31(28,29)20-10-8-18(9-11-20)24-22(27)30-3/h6-11,13,17H,4-5,12,14H2,1-3H3,(H,23,26)(H,24,27)/t17-/m0/s1. The first kappa shape index (κ1) is 22.8. The first-order valence-corrected chi connectivity index (χ1v) is 11.5. The summed E-state index contributed by atoms with van der Waals surface area (Å²) in [6.45, 7) is 4.47. The lowest BCUT2D eigenvalue weighted by Crippen LogP contribution is -2.43. The Hall–Kier alpha value is -2.91. The molecule has 1 heterocycles. The van der Waals surface area contributed by atoms with Crippen LogP contribution < -0.4 is 10.6 Å². The molecule has 2 aromatic carbocycles. The summed E-state index contributed by atoms with van der Waals surface area (Å²) in [5.74, 6) is -0.605. The van der Waals surface area contributed by atoms with Gasteiger partial charge in [0.25, 0.3) is 0 Å². The number of methoxy groups -OCH3 is 1. The van der Waals surface area contributed by atoms with Gasteiger partial charge in [-0.15, -0.1) is 0 Å². The third kappa shape index (κ3) is 5.42. The van der Waals surface area contributed by atoms with Crippen LogP contribution in [-0.2, 0) is 19.6 Å². The molecule has 31 heavy (non-hydrogen) atoms. The van der Waals surface area contributed by atoms with Crippen LogP contribution in [0.5, 0.6) is 0 Å². The Labute approximate surface area is 182 Å². The Kier molecular flexibility index (Phi) is 6.97. The van der Waals surface area contributed by atoms with E-state index in [2.05, 4.69) is 15.4 Å². The van der Waals surface area contributed by atoms with Crippen molar-refractivity contribution in [3.63, 3.8) is 0 Å². The summed E-state index contributed by atoms with van der Waals surface area (Å²) >= 11 is 0. The maximum absolute atomic E-state index is 13.1. The Morgan fingerprint density at radius 3 is 2.32 bits per heavy atom. The van der Waals surface area contributed by atoms with Crippen molar-refractivity contribution in [3.8, 4) is 0 Å². The summed E-state index contributed by atoms with van der Waals surface area (Å²) < 4.78 is 32.0. The zero-order chi connectivity index (χ0) is 22.6. The van der Waals surface area contributed by atoms with Crippen molar-refractivity contribution in [2.24, 2.45) is 5.92 Å². The lowest BCUT2D eigenvalue weighted by Gasteiger charge is -2.31. The number of hydrogen-bond acceptors (Lipinski definition) is 5. The van der Waals surface area contributed by atoms with Gasteiger partial charge >= 0.3 is 6.09 Å². The topological polar surface area (TPSA) is 105 Å². The molecule has 8 nitrogen and oxygen atoms in total.